The molecule has 3 aromatic rings. The number of likely N-dealkylation sites (tertiary alicyclic amines) is 1. The molecule has 2 amide bonds. The van der Waals surface area contributed by atoms with E-state index in [-0.39, 0.29) is 17.9 Å². The third-order valence-corrected chi connectivity index (χ3v) is 6.51. The first kappa shape index (κ1) is 22.9. The summed E-state index contributed by atoms with van der Waals surface area (Å²) in [4.78, 5) is 42.6. The number of piperidine rings is 1. The molecule has 0 atom stereocenters. The number of H-pyrrole nitrogens is 1. The summed E-state index contributed by atoms with van der Waals surface area (Å²) in [5.74, 6) is 0.681. The number of nitrogens with one attached hydrogen (secondary N) is 1. The molecule has 8 heteroatoms. The summed E-state index contributed by atoms with van der Waals surface area (Å²) in [6, 6.07) is 3.61. The number of benzene rings is 1. The maximum absolute atomic E-state index is 13.3. The minimum absolute atomic E-state index is 0.0489. The second-order valence-electron chi connectivity index (χ2n) is 8.43. The Hall–Kier alpha value is -3.26. The van der Waals surface area contributed by atoms with Gasteiger partial charge in [-0.05, 0) is 70.1 Å². The van der Waals surface area contributed by atoms with Crippen molar-refractivity contribution in [1.29, 1.82) is 0 Å². The van der Waals surface area contributed by atoms with Gasteiger partial charge in [-0.2, -0.15) is 0 Å². The minimum atomic E-state index is -0.203. The van der Waals surface area contributed by atoms with E-state index in [9.17, 15) is 9.59 Å². The third-order valence-electron chi connectivity index (χ3n) is 6.51. The van der Waals surface area contributed by atoms with Crippen LogP contribution >= 0.6 is 0 Å². The number of carbonyl (C=O) groups is 2. The van der Waals surface area contributed by atoms with Gasteiger partial charge in [-0.25, -0.2) is 9.97 Å². The fourth-order valence-corrected chi connectivity index (χ4v) is 4.78. The highest BCUT2D eigenvalue weighted by molar-refractivity contribution is 6.24. The molecule has 8 nitrogen and oxygen atoms in total. The van der Waals surface area contributed by atoms with Gasteiger partial charge in [0, 0.05) is 12.2 Å². The molecule has 2 aromatic heterocycles. The van der Waals surface area contributed by atoms with E-state index in [0.717, 1.165) is 48.1 Å². The van der Waals surface area contributed by atoms with E-state index < -0.39 is 0 Å². The number of ether oxygens (including phenoxy) is 1. The number of pyridine rings is 1. The molecule has 0 radical (unpaired) electrons. The van der Waals surface area contributed by atoms with E-state index in [1.165, 1.54) is 4.90 Å². The lowest BCUT2D eigenvalue weighted by Crippen LogP contribution is -2.46. The van der Waals surface area contributed by atoms with Gasteiger partial charge in [-0.3, -0.25) is 14.5 Å². The van der Waals surface area contributed by atoms with E-state index in [1.54, 1.807) is 19.4 Å². The molecule has 1 aromatic carbocycles. The Morgan fingerprint density at radius 2 is 1.79 bits per heavy atom. The smallest absolute Gasteiger partial charge is 0.262 e. The van der Waals surface area contributed by atoms with Crippen LogP contribution in [0.5, 0.6) is 5.88 Å². The zero-order chi connectivity index (χ0) is 23.9. The lowest BCUT2D eigenvalue weighted by molar-refractivity contribution is 0.0516. The Labute approximate surface area is 194 Å². The van der Waals surface area contributed by atoms with Crippen LogP contribution < -0.4 is 4.74 Å². The van der Waals surface area contributed by atoms with E-state index in [0.29, 0.717) is 28.3 Å². The Kier molecular flexibility index (Phi) is 6.21. The molecular weight excluding hydrogens is 418 g/mol. The maximum atomic E-state index is 13.3. The Morgan fingerprint density at radius 1 is 1.09 bits per heavy atom. The van der Waals surface area contributed by atoms with Crippen molar-refractivity contribution in [2.75, 3.05) is 27.2 Å². The molecule has 174 valence electrons. The van der Waals surface area contributed by atoms with E-state index in [4.69, 9.17) is 9.72 Å². The molecular formula is C25H31N5O3. The zero-order valence-corrected chi connectivity index (χ0v) is 20.2. The Bertz CT molecular complexity index is 1220. The van der Waals surface area contributed by atoms with Gasteiger partial charge in [0.05, 0.1) is 34.8 Å². The number of amides is 2. The first-order valence-corrected chi connectivity index (χ1v) is 11.5. The van der Waals surface area contributed by atoms with Crippen LogP contribution in [0, 0.1) is 13.8 Å². The summed E-state index contributed by atoms with van der Waals surface area (Å²) in [5.41, 5.74) is 4.81. The van der Waals surface area contributed by atoms with Crippen LogP contribution in [0.15, 0.2) is 18.3 Å². The quantitative estimate of drug-likeness (QED) is 0.609. The van der Waals surface area contributed by atoms with Crippen molar-refractivity contribution in [3.05, 3.63) is 40.6 Å². The summed E-state index contributed by atoms with van der Waals surface area (Å²) in [7, 11) is 3.64. The van der Waals surface area contributed by atoms with Gasteiger partial charge >= 0.3 is 0 Å². The van der Waals surface area contributed by atoms with Gasteiger partial charge in [0.2, 0.25) is 5.88 Å². The topological polar surface area (TPSA) is 91.4 Å². The molecule has 0 aliphatic carbocycles. The second kappa shape index (κ2) is 8.94. The van der Waals surface area contributed by atoms with Crippen molar-refractivity contribution < 1.29 is 14.3 Å². The number of imide groups is 1. The molecule has 2 aliphatic heterocycles. The second-order valence-corrected chi connectivity index (χ2v) is 8.43. The van der Waals surface area contributed by atoms with Crippen LogP contribution in [0.25, 0.3) is 22.4 Å². The molecule has 2 aliphatic rings. The van der Waals surface area contributed by atoms with Crippen molar-refractivity contribution in [3.63, 3.8) is 0 Å². The van der Waals surface area contributed by atoms with Gasteiger partial charge in [0.25, 0.3) is 11.8 Å². The molecule has 0 spiro atoms. The van der Waals surface area contributed by atoms with Crippen LogP contribution in [0.3, 0.4) is 0 Å². The normalized spacial score (nSPS) is 16.7. The Balaban J connectivity index is 0.00000126. The van der Waals surface area contributed by atoms with E-state index in [1.807, 2.05) is 33.8 Å². The molecule has 33 heavy (non-hydrogen) atoms. The largest absolute Gasteiger partial charge is 0.480 e. The fraction of sp³-hybridized carbons (Fsp3) is 0.440. The number of fused-ring (bicyclic) bond motifs is 2. The highest BCUT2D eigenvalue weighted by Crippen LogP contribution is 2.36. The number of hydrogen-bond donors (Lipinski definition) is 1. The zero-order valence-electron chi connectivity index (χ0n) is 20.2. The van der Waals surface area contributed by atoms with Gasteiger partial charge in [0.1, 0.15) is 5.82 Å². The Morgan fingerprint density at radius 3 is 2.45 bits per heavy atom. The molecule has 0 bridgehead atoms. The third kappa shape index (κ3) is 3.68. The summed E-state index contributed by atoms with van der Waals surface area (Å²) in [6.45, 7) is 9.60. The predicted octanol–water partition coefficient (Wildman–Crippen LogP) is 3.97. The monoisotopic (exact) mass is 449 g/mol. The lowest BCUT2D eigenvalue weighted by atomic mass is 10.0. The summed E-state index contributed by atoms with van der Waals surface area (Å²) >= 11 is 0. The van der Waals surface area contributed by atoms with Crippen molar-refractivity contribution in [1.82, 2.24) is 24.8 Å². The van der Waals surface area contributed by atoms with E-state index in [2.05, 4.69) is 21.9 Å². The molecule has 1 N–H and O–H groups in total. The van der Waals surface area contributed by atoms with Crippen LogP contribution in [0.1, 0.15) is 58.5 Å². The molecule has 1 fully saturated rings. The number of nitrogens with zero attached hydrogens (tertiary/aromatic N) is 4. The van der Waals surface area contributed by atoms with Crippen LogP contribution in [-0.4, -0.2) is 69.9 Å². The van der Waals surface area contributed by atoms with Gasteiger partial charge in [-0.1, -0.05) is 13.8 Å². The number of aromatic nitrogens is 3. The average Bonchev–Trinajstić information content (AvgIpc) is 3.35. The summed E-state index contributed by atoms with van der Waals surface area (Å²) in [6.07, 6.45) is 3.30. The summed E-state index contributed by atoms with van der Waals surface area (Å²) < 4.78 is 5.42. The highest BCUT2D eigenvalue weighted by atomic mass is 16.5. The minimum Gasteiger partial charge on any atom is -0.480 e. The molecule has 0 unspecified atom stereocenters. The number of rotatable bonds is 3. The fourth-order valence-electron chi connectivity index (χ4n) is 4.78. The number of hydrogen-bond acceptors (Lipinski definition) is 6. The standard InChI is InChI=1S/C23H25N5O3.C2H6/c1-12-5-8-24-21(31-4)17(12)20-25-16-11-15-18(13(2)19(16)26-20)23(30)28(22(15)29)14-6-9-27(3)10-7-14;1-2/h5,8,11,14H,6-7,9-10H2,1-4H3,(H,25,26);1-2H3. The number of imidazole rings is 1. The van der Waals surface area contributed by atoms with E-state index >= 15 is 0 Å². The lowest BCUT2D eigenvalue weighted by Gasteiger charge is -2.33. The SMILES string of the molecule is CC.COc1nccc(C)c1-c1nc2c(C)c3c(cc2[nH]1)C(=O)N(C1CCN(C)CC1)C3=O. The molecule has 0 saturated carbocycles. The molecule has 4 heterocycles. The highest BCUT2D eigenvalue weighted by Gasteiger charge is 2.42. The van der Waals surface area contributed by atoms with Crippen LogP contribution in [-0.2, 0) is 0 Å². The summed E-state index contributed by atoms with van der Waals surface area (Å²) in [5, 5.41) is 0. The molecule has 1 saturated heterocycles. The maximum Gasteiger partial charge on any atom is 0.262 e. The molecule has 5 rings (SSSR count). The van der Waals surface area contributed by atoms with Crippen molar-refractivity contribution in [2.24, 2.45) is 0 Å². The van der Waals surface area contributed by atoms with Crippen molar-refractivity contribution in [2.45, 2.75) is 46.6 Å². The van der Waals surface area contributed by atoms with Gasteiger partial charge < -0.3 is 14.6 Å². The number of aryl methyl sites for hydroxylation is 2. The number of aromatic amines is 1. The average molecular weight is 450 g/mol. The predicted molar refractivity (Wildman–Crippen MR) is 128 cm³/mol. The van der Waals surface area contributed by atoms with Gasteiger partial charge in [-0.15, -0.1) is 0 Å². The van der Waals surface area contributed by atoms with Crippen molar-refractivity contribution >= 4 is 22.8 Å². The van der Waals surface area contributed by atoms with Gasteiger partial charge in [0.15, 0.2) is 0 Å². The number of methoxy groups -OCH3 is 1. The first-order chi connectivity index (χ1) is 15.9. The van der Waals surface area contributed by atoms with Crippen molar-refractivity contribution in [3.8, 4) is 17.3 Å². The number of carbonyl (C=O) groups excluding carboxylic acids is 2. The first-order valence-electron chi connectivity index (χ1n) is 11.5. The van der Waals surface area contributed by atoms with Crippen LogP contribution in [0.4, 0.5) is 0 Å². The van der Waals surface area contributed by atoms with Crippen LogP contribution in [0.2, 0.25) is 0 Å².